The van der Waals surface area contributed by atoms with Crippen LogP contribution in [0.15, 0.2) is 47.4 Å². The van der Waals surface area contributed by atoms with Crippen LogP contribution < -0.4 is 14.8 Å². The molecule has 0 spiro atoms. The highest BCUT2D eigenvalue weighted by Gasteiger charge is 2.34. The summed E-state index contributed by atoms with van der Waals surface area (Å²) in [6.45, 7) is 4.92. The van der Waals surface area contributed by atoms with Gasteiger partial charge in [0.15, 0.2) is 0 Å². The zero-order chi connectivity index (χ0) is 22.3. The Morgan fingerprint density at radius 2 is 1.71 bits per heavy atom. The van der Waals surface area contributed by atoms with E-state index in [0.29, 0.717) is 41.3 Å². The second kappa shape index (κ2) is 8.45. The molecular weight excluding hydrogens is 436 g/mol. The van der Waals surface area contributed by atoms with Crippen molar-refractivity contribution in [2.24, 2.45) is 17.0 Å². The molecule has 1 heterocycles. The second-order valence-electron chi connectivity index (χ2n) is 8.75. The normalized spacial score (nSPS) is 26.5. The van der Waals surface area contributed by atoms with Crippen molar-refractivity contribution in [1.29, 1.82) is 0 Å². The number of amides is 1. The average Bonchev–Trinajstić information content (AvgIpc) is 3.26. The van der Waals surface area contributed by atoms with E-state index in [1.54, 1.807) is 17.0 Å². The Balaban J connectivity index is 1.52. The first-order valence-corrected chi connectivity index (χ1v) is 12.4. The summed E-state index contributed by atoms with van der Waals surface area (Å²) >= 11 is 6.42. The number of primary sulfonamides is 1. The zero-order valence-corrected chi connectivity index (χ0v) is 19.2. The Hall–Kier alpha value is -2.09. The van der Waals surface area contributed by atoms with E-state index in [0.717, 1.165) is 18.4 Å². The fourth-order valence-corrected chi connectivity index (χ4v) is 5.33. The third-order valence-corrected chi connectivity index (χ3v) is 7.73. The number of rotatable bonds is 5. The van der Waals surface area contributed by atoms with Gasteiger partial charge in [0.25, 0.3) is 0 Å². The molecule has 1 saturated carbocycles. The highest BCUT2D eigenvalue weighted by molar-refractivity contribution is 7.89. The van der Waals surface area contributed by atoms with Crippen LogP contribution in [0.1, 0.15) is 44.6 Å². The fourth-order valence-electron chi connectivity index (χ4n) is 4.65. The molecule has 2 aromatic carbocycles. The molecule has 0 radical (unpaired) electrons. The molecule has 2 aliphatic rings. The largest absolute Gasteiger partial charge is 0.488 e. The van der Waals surface area contributed by atoms with E-state index in [-0.39, 0.29) is 22.8 Å². The third-order valence-electron chi connectivity index (χ3n) is 6.49. The van der Waals surface area contributed by atoms with Crippen molar-refractivity contribution >= 4 is 33.2 Å². The molecule has 4 rings (SSSR count). The minimum absolute atomic E-state index is 0.00320. The maximum atomic E-state index is 12.7. The van der Waals surface area contributed by atoms with Crippen LogP contribution in [0.5, 0.6) is 5.75 Å². The van der Waals surface area contributed by atoms with Gasteiger partial charge in [-0.25, -0.2) is 13.6 Å². The predicted octanol–water partition coefficient (Wildman–Crippen LogP) is 4.32. The van der Waals surface area contributed by atoms with Crippen LogP contribution in [-0.4, -0.2) is 27.0 Å². The molecule has 2 fully saturated rings. The van der Waals surface area contributed by atoms with Gasteiger partial charge in [-0.3, -0.25) is 4.79 Å². The van der Waals surface area contributed by atoms with E-state index < -0.39 is 10.0 Å². The summed E-state index contributed by atoms with van der Waals surface area (Å²) in [7, 11) is -3.77. The number of benzene rings is 2. The van der Waals surface area contributed by atoms with Crippen molar-refractivity contribution < 1.29 is 17.9 Å². The summed E-state index contributed by atoms with van der Waals surface area (Å²) in [6.07, 6.45) is 2.82. The maximum absolute atomic E-state index is 12.7. The van der Waals surface area contributed by atoms with E-state index in [1.807, 2.05) is 18.2 Å². The summed E-state index contributed by atoms with van der Waals surface area (Å²) in [5, 5.41) is 5.74. The number of anilines is 1. The Bertz CT molecular complexity index is 1080. The molecule has 166 valence electrons. The average molecular weight is 463 g/mol. The van der Waals surface area contributed by atoms with Gasteiger partial charge in [0.2, 0.25) is 15.9 Å². The van der Waals surface area contributed by atoms with E-state index in [2.05, 4.69) is 13.8 Å². The van der Waals surface area contributed by atoms with Gasteiger partial charge in [-0.2, -0.15) is 0 Å². The van der Waals surface area contributed by atoms with Crippen molar-refractivity contribution in [1.82, 2.24) is 0 Å². The van der Waals surface area contributed by atoms with Crippen molar-refractivity contribution in [2.75, 3.05) is 11.4 Å². The van der Waals surface area contributed by atoms with Crippen LogP contribution in [0.2, 0.25) is 5.02 Å². The second-order valence-corrected chi connectivity index (χ2v) is 10.7. The zero-order valence-electron chi connectivity index (χ0n) is 17.6. The molecule has 8 heteroatoms. The smallest absolute Gasteiger partial charge is 0.238 e. The lowest BCUT2D eigenvalue weighted by molar-refractivity contribution is -0.117. The number of ether oxygens (including phenoxy) is 1. The number of carbonyl (C=O) groups excluding carboxylic acids is 1. The number of halogens is 1. The van der Waals surface area contributed by atoms with Crippen molar-refractivity contribution in [3.8, 4) is 5.75 Å². The summed E-state index contributed by atoms with van der Waals surface area (Å²) in [5.41, 5.74) is 1.66. The first kappa shape index (κ1) is 22.1. The quantitative estimate of drug-likeness (QED) is 0.716. The number of hydrogen-bond acceptors (Lipinski definition) is 4. The SMILES string of the molecule is CC1CCC(C)C1Oc1cc([C@H]2CC(=O)N(c3ccc(S(N)(=O)=O)cc3)C2)ccc1Cl. The third kappa shape index (κ3) is 4.59. The van der Waals surface area contributed by atoms with Gasteiger partial charge in [0, 0.05) is 24.6 Å². The predicted molar refractivity (Wildman–Crippen MR) is 121 cm³/mol. The van der Waals surface area contributed by atoms with Gasteiger partial charge in [-0.15, -0.1) is 0 Å². The molecule has 31 heavy (non-hydrogen) atoms. The Morgan fingerprint density at radius 1 is 1.06 bits per heavy atom. The lowest BCUT2D eigenvalue weighted by Gasteiger charge is -2.23. The van der Waals surface area contributed by atoms with Crippen LogP contribution in [-0.2, 0) is 14.8 Å². The molecule has 2 aromatic rings. The number of hydrogen-bond donors (Lipinski definition) is 1. The lowest BCUT2D eigenvalue weighted by atomic mass is 9.98. The highest BCUT2D eigenvalue weighted by Crippen LogP contribution is 2.39. The fraction of sp³-hybridized carbons (Fsp3) is 0.435. The number of carbonyl (C=O) groups is 1. The maximum Gasteiger partial charge on any atom is 0.238 e. The van der Waals surface area contributed by atoms with Crippen LogP contribution in [0.25, 0.3) is 0 Å². The summed E-state index contributed by atoms with van der Waals surface area (Å²) < 4.78 is 29.2. The standard InChI is InChI=1S/C23H27ClN2O4S/c1-14-3-4-15(2)23(14)30-21-11-16(5-10-20(21)24)17-12-22(27)26(13-17)18-6-8-19(9-7-18)31(25,28)29/h5-11,14-15,17,23H,3-4,12-13H2,1-2H3,(H2,25,28,29)/t14?,15?,17-,23?/m0/s1. The number of nitrogens with zero attached hydrogens (tertiary/aromatic N) is 1. The Labute approximate surface area is 188 Å². The summed E-state index contributed by atoms with van der Waals surface area (Å²) in [5.74, 6) is 1.64. The molecular formula is C23H27ClN2O4S. The first-order chi connectivity index (χ1) is 14.6. The topological polar surface area (TPSA) is 89.7 Å². The van der Waals surface area contributed by atoms with Gasteiger partial charge in [0.05, 0.1) is 9.92 Å². The van der Waals surface area contributed by atoms with Crippen LogP contribution in [0, 0.1) is 11.8 Å². The van der Waals surface area contributed by atoms with Crippen LogP contribution in [0.3, 0.4) is 0 Å². The van der Waals surface area contributed by atoms with Gasteiger partial charge >= 0.3 is 0 Å². The molecule has 3 atom stereocenters. The van der Waals surface area contributed by atoms with Crippen LogP contribution >= 0.6 is 11.6 Å². The summed E-state index contributed by atoms with van der Waals surface area (Å²) in [4.78, 5) is 14.4. The van der Waals surface area contributed by atoms with E-state index >= 15 is 0 Å². The number of sulfonamides is 1. The first-order valence-electron chi connectivity index (χ1n) is 10.5. The van der Waals surface area contributed by atoms with Crippen molar-refractivity contribution in [2.45, 2.75) is 50.0 Å². The molecule has 2 unspecified atom stereocenters. The highest BCUT2D eigenvalue weighted by atomic mass is 35.5. The van der Waals surface area contributed by atoms with Crippen molar-refractivity contribution in [3.63, 3.8) is 0 Å². The molecule has 1 aliphatic heterocycles. The molecule has 0 bridgehead atoms. The summed E-state index contributed by atoms with van der Waals surface area (Å²) in [6, 6.07) is 11.8. The molecule has 0 aromatic heterocycles. The Kier molecular flexibility index (Phi) is 6.03. The molecule has 6 nitrogen and oxygen atoms in total. The van der Waals surface area contributed by atoms with E-state index in [4.69, 9.17) is 21.5 Å². The monoisotopic (exact) mass is 462 g/mol. The van der Waals surface area contributed by atoms with E-state index in [9.17, 15) is 13.2 Å². The van der Waals surface area contributed by atoms with Gasteiger partial charge in [-0.05, 0) is 66.6 Å². The minimum Gasteiger partial charge on any atom is -0.488 e. The Morgan fingerprint density at radius 3 is 2.32 bits per heavy atom. The molecule has 1 aliphatic carbocycles. The van der Waals surface area contributed by atoms with Gasteiger partial charge < -0.3 is 9.64 Å². The van der Waals surface area contributed by atoms with E-state index in [1.165, 1.54) is 12.1 Å². The molecule has 1 saturated heterocycles. The van der Waals surface area contributed by atoms with Crippen LogP contribution in [0.4, 0.5) is 5.69 Å². The van der Waals surface area contributed by atoms with Gasteiger partial charge in [-0.1, -0.05) is 31.5 Å². The number of nitrogens with two attached hydrogens (primary N) is 1. The minimum atomic E-state index is -3.77. The van der Waals surface area contributed by atoms with Gasteiger partial charge in [0.1, 0.15) is 11.9 Å². The lowest BCUT2D eigenvalue weighted by Crippen LogP contribution is -2.25. The molecule has 2 N–H and O–H groups in total. The molecule has 1 amide bonds. The van der Waals surface area contributed by atoms with Crippen molar-refractivity contribution in [3.05, 3.63) is 53.1 Å².